The lowest BCUT2D eigenvalue weighted by Gasteiger charge is -2.42. The number of imidazole rings is 1. The van der Waals surface area contributed by atoms with Gasteiger partial charge >= 0.3 is 5.69 Å². The van der Waals surface area contributed by atoms with Crippen LogP contribution in [0.3, 0.4) is 0 Å². The van der Waals surface area contributed by atoms with E-state index in [1.807, 2.05) is 29.3 Å². The van der Waals surface area contributed by atoms with Gasteiger partial charge in [-0.15, -0.1) is 0 Å². The van der Waals surface area contributed by atoms with E-state index in [9.17, 15) is 19.2 Å². The number of Topliss-reactive ketones (excluding diaryl/α,β-unsaturated/α-hetero) is 2. The normalized spacial score (nSPS) is 20.8. The lowest BCUT2D eigenvalue weighted by atomic mass is 9.82. The first-order chi connectivity index (χ1) is 28.3. The van der Waals surface area contributed by atoms with Crippen LogP contribution in [0.25, 0.3) is 22.1 Å². The molecule has 3 fully saturated rings. The molecule has 1 aliphatic heterocycles. The number of amides is 1. The minimum Gasteiger partial charge on any atom is -0.379 e. The number of carbonyl (C=O) groups is 3. The van der Waals surface area contributed by atoms with Crippen molar-refractivity contribution in [3.05, 3.63) is 58.0 Å². The van der Waals surface area contributed by atoms with Gasteiger partial charge < -0.3 is 28.8 Å². The van der Waals surface area contributed by atoms with Crippen molar-refractivity contribution in [2.24, 2.45) is 13.0 Å². The van der Waals surface area contributed by atoms with Gasteiger partial charge in [-0.3, -0.25) is 28.4 Å². The molecule has 1 aromatic carbocycles. The number of H-pyrrole nitrogens is 1. The van der Waals surface area contributed by atoms with Crippen LogP contribution in [0.5, 0.6) is 0 Å². The second-order valence-corrected chi connectivity index (χ2v) is 16.0. The fourth-order valence-electron chi connectivity index (χ4n) is 9.10. The van der Waals surface area contributed by atoms with Gasteiger partial charge in [-0.1, -0.05) is 12.1 Å². The summed E-state index contributed by atoms with van der Waals surface area (Å²) in [4.78, 5) is 67.1. The molecule has 1 N–H and O–H groups in total. The number of aromatic nitrogens is 5. The summed E-state index contributed by atoms with van der Waals surface area (Å²) >= 11 is 0. The number of fused-ring (bicyclic) bond motifs is 2. The maximum Gasteiger partial charge on any atom is 0.329 e. The highest BCUT2D eigenvalue weighted by molar-refractivity contribution is 6.03. The number of ether oxygens (including phenoxy) is 4. The number of carbonyl (C=O) groups excluding carboxylic acids is 3. The first-order valence-corrected chi connectivity index (χ1v) is 21.1. The van der Waals surface area contributed by atoms with Crippen LogP contribution in [0.2, 0.25) is 0 Å². The van der Waals surface area contributed by atoms with Crippen molar-refractivity contribution in [2.75, 3.05) is 79.0 Å². The fraction of sp³-hybridized carbons (Fsp3) is 0.628. The van der Waals surface area contributed by atoms with E-state index in [0.29, 0.717) is 71.0 Å². The highest BCUT2D eigenvalue weighted by atomic mass is 16.6. The molecule has 3 aromatic heterocycles. The molecule has 1 atom stereocenters. The molecule has 3 aliphatic rings. The summed E-state index contributed by atoms with van der Waals surface area (Å²) in [5.41, 5.74) is 5.65. The van der Waals surface area contributed by atoms with Gasteiger partial charge in [0.1, 0.15) is 24.4 Å². The van der Waals surface area contributed by atoms with Crippen LogP contribution in [0.1, 0.15) is 74.2 Å². The largest absolute Gasteiger partial charge is 0.379 e. The minimum atomic E-state index is -0.592. The summed E-state index contributed by atoms with van der Waals surface area (Å²) in [5.74, 6) is 0.438. The molecule has 15 nitrogen and oxygen atoms in total. The zero-order valence-electron chi connectivity index (χ0n) is 34.1. The lowest BCUT2D eigenvalue weighted by molar-refractivity contribution is -0.139. The van der Waals surface area contributed by atoms with Crippen molar-refractivity contribution in [1.82, 2.24) is 33.9 Å². The first kappa shape index (κ1) is 41.9. The van der Waals surface area contributed by atoms with Crippen LogP contribution in [-0.4, -0.2) is 136 Å². The number of nitrogens with one attached hydrogen (secondary N) is 1. The number of aromatic amines is 1. The van der Waals surface area contributed by atoms with Crippen molar-refractivity contribution in [1.29, 1.82) is 0 Å². The summed E-state index contributed by atoms with van der Waals surface area (Å²) < 4.78 is 25.8. The topological polar surface area (TPSA) is 163 Å². The maximum absolute atomic E-state index is 13.2. The van der Waals surface area contributed by atoms with Crippen LogP contribution in [0, 0.1) is 12.8 Å². The predicted octanol–water partition coefficient (Wildman–Crippen LogP) is 3.73. The molecule has 58 heavy (non-hydrogen) atoms. The maximum atomic E-state index is 13.2. The number of aryl methyl sites for hydroxylation is 3. The van der Waals surface area contributed by atoms with E-state index in [-0.39, 0.29) is 36.2 Å². The third kappa shape index (κ3) is 10.1. The van der Waals surface area contributed by atoms with E-state index in [1.54, 1.807) is 22.5 Å². The second kappa shape index (κ2) is 20.1. The van der Waals surface area contributed by atoms with Crippen LogP contribution in [0.4, 0.5) is 0 Å². The molecule has 4 heterocycles. The molecule has 2 aliphatic carbocycles. The van der Waals surface area contributed by atoms with E-state index in [4.69, 9.17) is 18.9 Å². The van der Waals surface area contributed by atoms with E-state index in [1.165, 1.54) is 36.6 Å². The van der Waals surface area contributed by atoms with E-state index in [2.05, 4.69) is 26.8 Å². The third-order valence-corrected chi connectivity index (χ3v) is 12.2. The number of para-hydroxylation sites is 1. The Morgan fingerprint density at radius 1 is 0.862 bits per heavy atom. The SMILES string of the molecule is Cc1c[nH]c2ncnc(CC3CCC(N4CCN(C(=O)COCCOCCOCCOCCCc5cccc6c5n(C)c(=O)n6C5CCC(=O)CC5=O)CC4)CC3)c12. The Kier molecular flexibility index (Phi) is 14.5. The van der Waals surface area contributed by atoms with Gasteiger partial charge in [0.05, 0.1) is 68.8 Å². The van der Waals surface area contributed by atoms with Gasteiger partial charge in [-0.05, 0) is 81.4 Å². The molecule has 1 amide bonds. The minimum absolute atomic E-state index is 0.0386. The highest BCUT2D eigenvalue weighted by Gasteiger charge is 2.32. The molecule has 0 bridgehead atoms. The summed E-state index contributed by atoms with van der Waals surface area (Å²) in [6, 6.07) is 5.78. The van der Waals surface area contributed by atoms with Crippen LogP contribution in [-0.2, 0) is 53.2 Å². The van der Waals surface area contributed by atoms with E-state index >= 15 is 0 Å². The van der Waals surface area contributed by atoms with Gasteiger partial charge in [-0.2, -0.15) is 0 Å². The van der Waals surface area contributed by atoms with Gasteiger partial charge in [-0.25, -0.2) is 14.8 Å². The second-order valence-electron chi connectivity index (χ2n) is 16.0. The Morgan fingerprint density at radius 2 is 1.57 bits per heavy atom. The van der Waals surface area contributed by atoms with E-state index in [0.717, 1.165) is 73.4 Å². The summed E-state index contributed by atoms with van der Waals surface area (Å²) in [6.07, 6.45) is 11.6. The molecule has 1 saturated heterocycles. The first-order valence-electron chi connectivity index (χ1n) is 21.1. The number of nitrogens with zero attached hydrogens (tertiary/aromatic N) is 6. The Morgan fingerprint density at radius 3 is 2.29 bits per heavy atom. The van der Waals surface area contributed by atoms with Crippen molar-refractivity contribution < 1.29 is 33.3 Å². The Hall–Kier alpha value is -4.28. The monoisotopic (exact) mass is 801 g/mol. The van der Waals surface area contributed by atoms with Gasteiger partial charge in [0.2, 0.25) is 5.91 Å². The molecule has 2 saturated carbocycles. The standard InChI is InChI=1S/C43H59N7O8/c1-30-27-44-42-40(30)35(45-29-46-42)25-31-8-10-33(11-9-31)48-14-16-49(17-15-48)39(53)28-58-24-23-57-22-21-56-20-19-55-18-4-6-32-5-3-7-37-41(32)47(2)43(54)50(37)36-13-12-34(51)26-38(36)52/h3,5,7,27,29,31,33,36H,4,6,8-26,28H2,1-2H3,(H,44,45,46). The Bertz CT molecular complexity index is 2080. The zero-order chi connectivity index (χ0) is 40.4. The quantitative estimate of drug-likeness (QED) is 0.109. The van der Waals surface area contributed by atoms with Gasteiger partial charge in [0.15, 0.2) is 5.78 Å². The summed E-state index contributed by atoms with van der Waals surface area (Å²) in [7, 11) is 1.73. The van der Waals surface area contributed by atoms with Gasteiger partial charge in [0, 0.05) is 63.9 Å². The molecular weight excluding hydrogens is 743 g/mol. The van der Waals surface area contributed by atoms with Gasteiger partial charge in [0.25, 0.3) is 0 Å². The number of ketones is 2. The van der Waals surface area contributed by atoms with Crippen molar-refractivity contribution >= 4 is 39.5 Å². The average Bonchev–Trinajstić information content (AvgIpc) is 3.74. The van der Waals surface area contributed by atoms with Crippen LogP contribution < -0.4 is 5.69 Å². The molecule has 314 valence electrons. The molecule has 7 rings (SSSR count). The molecular formula is C43H59N7O8. The Labute approximate surface area is 339 Å². The van der Waals surface area contributed by atoms with Crippen molar-refractivity contribution in [2.45, 2.75) is 83.2 Å². The summed E-state index contributed by atoms with van der Waals surface area (Å²) in [6.45, 7) is 8.60. The Balaban J connectivity index is 0.685. The highest BCUT2D eigenvalue weighted by Crippen LogP contribution is 2.32. The molecule has 1 unspecified atom stereocenters. The zero-order valence-corrected chi connectivity index (χ0v) is 34.1. The molecule has 4 aromatic rings. The smallest absolute Gasteiger partial charge is 0.329 e. The third-order valence-electron chi connectivity index (χ3n) is 12.2. The van der Waals surface area contributed by atoms with Crippen molar-refractivity contribution in [3.63, 3.8) is 0 Å². The molecule has 0 spiro atoms. The molecule has 15 heteroatoms. The lowest BCUT2D eigenvalue weighted by Crippen LogP contribution is -2.53. The van der Waals surface area contributed by atoms with Crippen molar-refractivity contribution in [3.8, 4) is 0 Å². The predicted molar refractivity (Wildman–Crippen MR) is 218 cm³/mol. The number of hydrogen-bond acceptors (Lipinski definition) is 11. The van der Waals surface area contributed by atoms with Crippen LogP contribution >= 0.6 is 0 Å². The molecule has 0 radical (unpaired) electrons. The van der Waals surface area contributed by atoms with E-state index < -0.39 is 6.04 Å². The van der Waals surface area contributed by atoms with Crippen LogP contribution in [0.15, 0.2) is 35.5 Å². The fourth-order valence-corrected chi connectivity index (χ4v) is 9.10. The number of piperazine rings is 1. The number of hydrogen-bond donors (Lipinski definition) is 1. The average molecular weight is 802 g/mol. The summed E-state index contributed by atoms with van der Waals surface area (Å²) in [5, 5.41) is 1.18. The number of rotatable bonds is 19. The number of benzene rings is 1.